The molecule has 1 fully saturated rings. The first-order chi connectivity index (χ1) is 14.1. The van der Waals surface area contributed by atoms with Gasteiger partial charge in [0.1, 0.15) is 5.52 Å². The van der Waals surface area contributed by atoms with Gasteiger partial charge in [0.2, 0.25) is 17.8 Å². The summed E-state index contributed by atoms with van der Waals surface area (Å²) in [5, 5.41) is 3.16. The van der Waals surface area contributed by atoms with Crippen molar-refractivity contribution in [2.75, 3.05) is 24.1 Å². The van der Waals surface area contributed by atoms with Crippen molar-refractivity contribution in [2.24, 2.45) is 7.05 Å². The van der Waals surface area contributed by atoms with Gasteiger partial charge in [-0.2, -0.15) is 9.97 Å². The number of fused-ring (bicyclic) bond motifs is 2. The van der Waals surface area contributed by atoms with Gasteiger partial charge >= 0.3 is 0 Å². The van der Waals surface area contributed by atoms with Crippen LogP contribution in [0.1, 0.15) is 12.8 Å². The fourth-order valence-corrected chi connectivity index (χ4v) is 3.71. The second-order valence-electron chi connectivity index (χ2n) is 7.14. The zero-order valence-electron chi connectivity index (χ0n) is 16.0. The summed E-state index contributed by atoms with van der Waals surface area (Å²) in [5.74, 6) is 1.48. The minimum absolute atomic E-state index is 0.202. The number of nitrogens with two attached hydrogens (primary N) is 1. The Balaban J connectivity index is 1.45. The number of anilines is 3. The van der Waals surface area contributed by atoms with Crippen LogP contribution in [0.15, 0.2) is 30.6 Å². The smallest absolute Gasteiger partial charge is 0.233 e. The first-order valence-corrected chi connectivity index (χ1v) is 9.55. The lowest BCUT2D eigenvalue weighted by molar-refractivity contribution is -0.127. The minimum Gasteiger partial charge on any atom is -0.382 e. The topological polar surface area (TPSA) is 120 Å². The summed E-state index contributed by atoms with van der Waals surface area (Å²) in [5.41, 5.74) is 9.18. The Morgan fingerprint density at radius 3 is 2.83 bits per heavy atom. The van der Waals surface area contributed by atoms with Gasteiger partial charge in [0.15, 0.2) is 11.5 Å². The molecule has 1 saturated heterocycles. The molecule has 5 rings (SSSR count). The standard InChI is InChI=1S/C19H21N9O/c1-26-13-6-3-2-5-12(13)22-19(26)25-18-23-16(20)15-17(24-18)28(11-21-15)10-9-27-8-4-7-14(27)29/h2-3,5-6,11H,4,7-10H2,1H3,(H3,20,22,23,24,25). The lowest BCUT2D eigenvalue weighted by Crippen LogP contribution is -2.28. The summed E-state index contributed by atoms with van der Waals surface area (Å²) in [7, 11) is 1.93. The number of nitrogen functional groups attached to an aromatic ring is 1. The summed E-state index contributed by atoms with van der Waals surface area (Å²) in [6.45, 7) is 2.04. The number of amides is 1. The van der Waals surface area contributed by atoms with Crippen LogP contribution in [0, 0.1) is 0 Å². The molecule has 148 valence electrons. The molecular formula is C19H21N9O. The van der Waals surface area contributed by atoms with Gasteiger partial charge in [0, 0.05) is 33.1 Å². The molecule has 1 amide bonds. The Labute approximate surface area is 166 Å². The van der Waals surface area contributed by atoms with E-state index in [1.165, 1.54) is 0 Å². The lowest BCUT2D eigenvalue weighted by Gasteiger charge is -2.15. The Morgan fingerprint density at radius 1 is 1.17 bits per heavy atom. The van der Waals surface area contributed by atoms with Crippen molar-refractivity contribution in [3.8, 4) is 0 Å². The number of imidazole rings is 2. The van der Waals surface area contributed by atoms with Gasteiger partial charge in [-0.1, -0.05) is 12.1 Å². The minimum atomic E-state index is 0.202. The molecule has 0 saturated carbocycles. The number of carbonyl (C=O) groups is 1. The Bertz CT molecular complexity index is 1230. The highest BCUT2D eigenvalue weighted by atomic mass is 16.2. The van der Waals surface area contributed by atoms with Crippen LogP contribution in [-0.2, 0) is 18.4 Å². The molecule has 1 aliphatic rings. The van der Waals surface area contributed by atoms with E-state index in [1.54, 1.807) is 6.33 Å². The summed E-state index contributed by atoms with van der Waals surface area (Å²) in [6.07, 6.45) is 3.24. The van der Waals surface area contributed by atoms with Crippen LogP contribution in [0.25, 0.3) is 22.2 Å². The summed E-state index contributed by atoms with van der Waals surface area (Å²) >= 11 is 0. The van der Waals surface area contributed by atoms with Crippen LogP contribution < -0.4 is 11.1 Å². The van der Waals surface area contributed by atoms with Crippen molar-refractivity contribution in [3.05, 3.63) is 30.6 Å². The lowest BCUT2D eigenvalue weighted by atomic mass is 10.3. The van der Waals surface area contributed by atoms with E-state index in [1.807, 2.05) is 45.3 Å². The summed E-state index contributed by atoms with van der Waals surface area (Å²) in [4.78, 5) is 31.6. The Hall–Kier alpha value is -3.69. The van der Waals surface area contributed by atoms with E-state index in [0.717, 1.165) is 24.0 Å². The number of rotatable bonds is 5. The van der Waals surface area contributed by atoms with Gasteiger partial charge in [-0.05, 0) is 18.6 Å². The van der Waals surface area contributed by atoms with Crippen molar-refractivity contribution in [1.82, 2.24) is 34.0 Å². The second kappa shape index (κ2) is 6.73. The number of nitrogens with zero attached hydrogens (tertiary/aromatic N) is 7. The van der Waals surface area contributed by atoms with Crippen molar-refractivity contribution in [1.29, 1.82) is 0 Å². The number of nitrogens with one attached hydrogen (secondary N) is 1. The van der Waals surface area contributed by atoms with Crippen molar-refractivity contribution >= 4 is 45.8 Å². The molecule has 0 bridgehead atoms. The molecule has 3 N–H and O–H groups in total. The molecule has 0 aliphatic carbocycles. The van der Waals surface area contributed by atoms with Gasteiger partial charge < -0.3 is 19.8 Å². The summed E-state index contributed by atoms with van der Waals surface area (Å²) in [6, 6.07) is 7.87. The number of aromatic nitrogens is 6. The highest BCUT2D eigenvalue weighted by molar-refractivity contribution is 5.84. The van der Waals surface area contributed by atoms with Crippen molar-refractivity contribution in [2.45, 2.75) is 19.4 Å². The molecule has 29 heavy (non-hydrogen) atoms. The molecule has 10 heteroatoms. The van der Waals surface area contributed by atoms with Crippen molar-refractivity contribution in [3.63, 3.8) is 0 Å². The normalized spacial score (nSPS) is 14.4. The number of para-hydroxylation sites is 2. The number of benzene rings is 1. The predicted molar refractivity (Wildman–Crippen MR) is 110 cm³/mol. The second-order valence-corrected chi connectivity index (χ2v) is 7.14. The Morgan fingerprint density at radius 2 is 2.03 bits per heavy atom. The van der Waals surface area contributed by atoms with Gasteiger partial charge in [-0.25, -0.2) is 9.97 Å². The van der Waals surface area contributed by atoms with Gasteiger partial charge in [0.05, 0.1) is 17.4 Å². The third kappa shape index (κ3) is 3.02. The van der Waals surface area contributed by atoms with Crippen LogP contribution in [0.3, 0.4) is 0 Å². The average molecular weight is 391 g/mol. The quantitative estimate of drug-likeness (QED) is 0.531. The monoisotopic (exact) mass is 391 g/mol. The van der Waals surface area contributed by atoms with E-state index in [-0.39, 0.29) is 5.91 Å². The summed E-state index contributed by atoms with van der Waals surface area (Å²) < 4.78 is 3.84. The van der Waals surface area contributed by atoms with Gasteiger partial charge in [0.25, 0.3) is 0 Å². The van der Waals surface area contributed by atoms with Gasteiger partial charge in [-0.3, -0.25) is 10.1 Å². The zero-order chi connectivity index (χ0) is 20.0. The average Bonchev–Trinajstić information content (AvgIpc) is 3.39. The predicted octanol–water partition coefficient (Wildman–Crippen LogP) is 1.66. The SMILES string of the molecule is Cn1c(Nc2nc(N)c3ncn(CCN4CCCC4=O)c3n2)nc2ccccc21. The van der Waals surface area contributed by atoms with E-state index >= 15 is 0 Å². The van der Waals surface area contributed by atoms with E-state index in [0.29, 0.717) is 48.4 Å². The maximum Gasteiger partial charge on any atom is 0.233 e. The number of aryl methyl sites for hydroxylation is 1. The van der Waals surface area contributed by atoms with Crippen LogP contribution >= 0.6 is 0 Å². The first-order valence-electron chi connectivity index (χ1n) is 9.55. The molecule has 1 aliphatic heterocycles. The molecule has 3 aromatic heterocycles. The van der Waals surface area contributed by atoms with Crippen LogP contribution in [-0.4, -0.2) is 53.0 Å². The van der Waals surface area contributed by atoms with Crippen LogP contribution in [0.4, 0.5) is 17.7 Å². The molecule has 4 aromatic rings. The highest BCUT2D eigenvalue weighted by Gasteiger charge is 2.20. The molecule has 0 unspecified atom stereocenters. The molecule has 0 radical (unpaired) electrons. The molecule has 0 atom stereocenters. The maximum atomic E-state index is 11.9. The number of hydrogen-bond donors (Lipinski definition) is 2. The third-order valence-electron chi connectivity index (χ3n) is 5.28. The number of carbonyl (C=O) groups excluding carboxylic acids is 1. The van der Waals surface area contributed by atoms with E-state index in [2.05, 4.69) is 25.3 Å². The third-order valence-corrected chi connectivity index (χ3v) is 5.28. The fraction of sp³-hybridized carbons (Fsp3) is 0.316. The fourth-order valence-electron chi connectivity index (χ4n) is 3.71. The first kappa shape index (κ1) is 17.4. The van der Waals surface area contributed by atoms with E-state index in [9.17, 15) is 4.79 Å². The van der Waals surface area contributed by atoms with E-state index in [4.69, 9.17) is 5.73 Å². The molecule has 1 aromatic carbocycles. The number of hydrogen-bond acceptors (Lipinski definition) is 7. The zero-order valence-corrected chi connectivity index (χ0v) is 16.0. The van der Waals surface area contributed by atoms with Crippen molar-refractivity contribution < 1.29 is 4.79 Å². The van der Waals surface area contributed by atoms with Crippen LogP contribution in [0.2, 0.25) is 0 Å². The molecule has 4 heterocycles. The van der Waals surface area contributed by atoms with E-state index < -0.39 is 0 Å². The molecule has 0 spiro atoms. The molecular weight excluding hydrogens is 370 g/mol. The highest BCUT2D eigenvalue weighted by Crippen LogP contribution is 2.23. The Kier molecular flexibility index (Phi) is 4.04. The van der Waals surface area contributed by atoms with Gasteiger partial charge in [-0.15, -0.1) is 0 Å². The molecule has 10 nitrogen and oxygen atoms in total. The van der Waals surface area contributed by atoms with Crippen LogP contribution in [0.5, 0.6) is 0 Å². The number of likely N-dealkylation sites (tertiary alicyclic amines) is 1. The largest absolute Gasteiger partial charge is 0.382 e. The maximum absolute atomic E-state index is 11.9.